The van der Waals surface area contributed by atoms with Crippen molar-refractivity contribution < 1.29 is 19.1 Å². The first-order chi connectivity index (χ1) is 17.6. The number of carboxylic acid groups (broad SMARTS) is 1. The van der Waals surface area contributed by atoms with Crippen LogP contribution in [0.3, 0.4) is 0 Å². The molecule has 1 fully saturated rings. The number of aliphatic carboxylic acids is 1. The molecule has 184 valence electrons. The van der Waals surface area contributed by atoms with Crippen LogP contribution in [0, 0.1) is 6.92 Å². The van der Waals surface area contributed by atoms with Crippen LogP contribution < -0.4 is 4.74 Å². The van der Waals surface area contributed by atoms with E-state index in [2.05, 4.69) is 24.3 Å². The van der Waals surface area contributed by atoms with Crippen LogP contribution in [0.5, 0.6) is 5.75 Å². The highest BCUT2D eigenvalue weighted by molar-refractivity contribution is 7.99. The van der Waals surface area contributed by atoms with Crippen molar-refractivity contribution in [1.82, 2.24) is 9.88 Å². The molecule has 0 bridgehead atoms. The maximum Gasteiger partial charge on any atom is 0.321 e. The number of aryl methyl sites for hydroxylation is 1. The summed E-state index contributed by atoms with van der Waals surface area (Å²) in [5, 5.41) is 9.40. The van der Waals surface area contributed by atoms with Crippen molar-refractivity contribution in [3.8, 4) is 28.3 Å². The molecule has 1 saturated heterocycles. The fraction of sp³-hybridized carbons (Fsp3) is 0.241. The zero-order chi connectivity index (χ0) is 24.9. The fourth-order valence-corrected chi connectivity index (χ4v) is 5.50. The minimum absolute atomic E-state index is 0.432. The maximum absolute atomic E-state index is 11.4. The van der Waals surface area contributed by atoms with E-state index in [1.807, 2.05) is 66.4 Å². The summed E-state index contributed by atoms with van der Waals surface area (Å²) in [6, 6.07) is 25.9. The lowest BCUT2D eigenvalue weighted by Gasteiger charge is -2.20. The van der Waals surface area contributed by atoms with E-state index in [0.29, 0.717) is 31.2 Å². The van der Waals surface area contributed by atoms with Crippen molar-refractivity contribution in [2.24, 2.45) is 0 Å². The molecule has 7 heteroatoms. The van der Waals surface area contributed by atoms with Gasteiger partial charge in [0.1, 0.15) is 17.6 Å². The highest BCUT2D eigenvalue weighted by atomic mass is 32.2. The third-order valence-corrected chi connectivity index (χ3v) is 7.35. The van der Waals surface area contributed by atoms with Gasteiger partial charge in [0.25, 0.3) is 0 Å². The van der Waals surface area contributed by atoms with Gasteiger partial charge in [0, 0.05) is 30.2 Å². The van der Waals surface area contributed by atoms with Crippen molar-refractivity contribution in [3.63, 3.8) is 0 Å². The van der Waals surface area contributed by atoms with Gasteiger partial charge in [-0.25, -0.2) is 4.98 Å². The monoisotopic (exact) mass is 500 g/mol. The number of carbonyl (C=O) groups is 1. The van der Waals surface area contributed by atoms with Crippen molar-refractivity contribution in [3.05, 3.63) is 95.9 Å². The molecule has 0 aliphatic carbocycles. The van der Waals surface area contributed by atoms with E-state index in [1.54, 1.807) is 11.8 Å². The van der Waals surface area contributed by atoms with Gasteiger partial charge < -0.3 is 14.3 Å². The number of hydrogen-bond donors (Lipinski definition) is 1. The van der Waals surface area contributed by atoms with E-state index in [9.17, 15) is 9.90 Å². The van der Waals surface area contributed by atoms with Crippen molar-refractivity contribution in [2.75, 3.05) is 18.2 Å². The molecule has 1 unspecified atom stereocenters. The molecular weight excluding hydrogens is 472 g/mol. The number of rotatable bonds is 9. The number of benzene rings is 3. The summed E-state index contributed by atoms with van der Waals surface area (Å²) in [5.74, 6) is 2.76. The Balaban J connectivity index is 1.18. The average Bonchev–Trinajstić information content (AvgIpc) is 3.51. The Morgan fingerprint density at radius 2 is 1.81 bits per heavy atom. The second-order valence-corrected chi connectivity index (χ2v) is 9.81. The van der Waals surface area contributed by atoms with E-state index in [1.165, 1.54) is 5.56 Å². The van der Waals surface area contributed by atoms with Gasteiger partial charge in [-0.15, -0.1) is 11.8 Å². The summed E-state index contributed by atoms with van der Waals surface area (Å²) in [4.78, 5) is 18.1. The molecule has 6 nitrogen and oxygen atoms in total. The number of ether oxygens (including phenoxy) is 1. The molecule has 1 atom stereocenters. The van der Waals surface area contributed by atoms with E-state index < -0.39 is 12.0 Å². The molecule has 2 heterocycles. The van der Waals surface area contributed by atoms with Crippen molar-refractivity contribution >= 4 is 17.7 Å². The third kappa shape index (κ3) is 5.64. The van der Waals surface area contributed by atoms with Crippen LogP contribution in [0.2, 0.25) is 0 Å². The first-order valence-electron chi connectivity index (χ1n) is 12.0. The Hall–Kier alpha value is -3.55. The second-order valence-electron chi connectivity index (χ2n) is 8.81. The van der Waals surface area contributed by atoms with E-state index in [-0.39, 0.29) is 0 Å². The summed E-state index contributed by atoms with van der Waals surface area (Å²) in [6.07, 6.45) is 0.630. The number of carboxylic acids is 1. The summed E-state index contributed by atoms with van der Waals surface area (Å²) in [6.45, 7) is 2.99. The Morgan fingerprint density at radius 3 is 2.58 bits per heavy atom. The van der Waals surface area contributed by atoms with E-state index in [0.717, 1.165) is 39.8 Å². The molecule has 1 aliphatic rings. The molecule has 1 aliphatic heterocycles. The van der Waals surface area contributed by atoms with Crippen LogP contribution in [-0.2, 0) is 17.8 Å². The Bertz CT molecular complexity index is 1320. The lowest BCUT2D eigenvalue weighted by atomic mass is 10.0. The topological polar surface area (TPSA) is 75.8 Å². The summed E-state index contributed by atoms with van der Waals surface area (Å²) in [7, 11) is 0. The highest BCUT2D eigenvalue weighted by Crippen LogP contribution is 2.27. The van der Waals surface area contributed by atoms with Crippen LogP contribution in [0.15, 0.2) is 83.3 Å². The van der Waals surface area contributed by atoms with Gasteiger partial charge >= 0.3 is 5.97 Å². The zero-order valence-corrected chi connectivity index (χ0v) is 20.9. The second kappa shape index (κ2) is 11.0. The predicted molar refractivity (Wildman–Crippen MR) is 142 cm³/mol. The summed E-state index contributed by atoms with van der Waals surface area (Å²) in [5.41, 5.74) is 5.19. The first-order valence-corrected chi connectivity index (χ1v) is 13.1. The number of thioether (sulfide) groups is 1. The van der Waals surface area contributed by atoms with Gasteiger partial charge in [0.2, 0.25) is 5.89 Å². The van der Waals surface area contributed by atoms with Gasteiger partial charge in [-0.2, -0.15) is 0 Å². The lowest BCUT2D eigenvalue weighted by molar-refractivity contribution is -0.141. The molecule has 0 amide bonds. The summed E-state index contributed by atoms with van der Waals surface area (Å²) >= 11 is 1.65. The largest absolute Gasteiger partial charge is 0.493 e. The fourth-order valence-electron chi connectivity index (χ4n) is 4.31. The van der Waals surface area contributed by atoms with E-state index >= 15 is 0 Å². The standard InChI is InChI=1S/C29H28N2O4S/c1-20-26(30-28(35-20)24-12-10-23(11-13-24)22-7-3-2-4-8-22)14-15-34-25-9-5-6-21(16-25)17-31-19-36-18-27(31)29(32)33/h2-13,16,27H,14-15,17-19H2,1H3,(H,32,33). The minimum Gasteiger partial charge on any atom is -0.493 e. The van der Waals surface area contributed by atoms with Gasteiger partial charge in [-0.3, -0.25) is 9.69 Å². The highest BCUT2D eigenvalue weighted by Gasteiger charge is 2.30. The number of nitrogens with zero attached hydrogens (tertiary/aromatic N) is 2. The average molecular weight is 501 g/mol. The normalized spacial score (nSPS) is 15.8. The van der Waals surface area contributed by atoms with E-state index in [4.69, 9.17) is 14.1 Å². The lowest BCUT2D eigenvalue weighted by Crippen LogP contribution is -2.37. The third-order valence-electron chi connectivity index (χ3n) is 6.28. The quantitative estimate of drug-likeness (QED) is 0.307. The Morgan fingerprint density at radius 1 is 1.06 bits per heavy atom. The Labute approximate surface area is 214 Å². The van der Waals surface area contributed by atoms with Gasteiger partial charge in [0.05, 0.1) is 12.3 Å². The van der Waals surface area contributed by atoms with Gasteiger partial charge in [-0.05, 0) is 47.9 Å². The predicted octanol–water partition coefficient (Wildman–Crippen LogP) is 5.90. The summed E-state index contributed by atoms with van der Waals surface area (Å²) < 4.78 is 12.0. The van der Waals surface area contributed by atoms with Crippen LogP contribution in [-0.4, -0.2) is 45.2 Å². The van der Waals surface area contributed by atoms with Crippen LogP contribution in [0.4, 0.5) is 0 Å². The molecule has 36 heavy (non-hydrogen) atoms. The molecular formula is C29H28N2O4S. The first kappa shape index (κ1) is 24.2. The molecule has 3 aromatic carbocycles. The molecule has 5 rings (SSSR count). The van der Waals surface area contributed by atoms with Gasteiger partial charge in [-0.1, -0.05) is 54.6 Å². The molecule has 0 saturated carbocycles. The Kier molecular flexibility index (Phi) is 7.39. The van der Waals surface area contributed by atoms with Crippen LogP contribution in [0.25, 0.3) is 22.6 Å². The van der Waals surface area contributed by atoms with Crippen LogP contribution >= 0.6 is 11.8 Å². The molecule has 0 radical (unpaired) electrons. The van der Waals surface area contributed by atoms with Crippen molar-refractivity contribution in [2.45, 2.75) is 25.9 Å². The smallest absolute Gasteiger partial charge is 0.321 e. The minimum atomic E-state index is -0.762. The zero-order valence-electron chi connectivity index (χ0n) is 20.1. The molecule has 4 aromatic rings. The number of aromatic nitrogens is 1. The number of oxazole rings is 1. The SMILES string of the molecule is Cc1oc(-c2ccc(-c3ccccc3)cc2)nc1CCOc1cccc(CN2CSCC2C(=O)O)c1. The van der Waals surface area contributed by atoms with Gasteiger partial charge in [0.15, 0.2) is 0 Å². The molecule has 1 N–H and O–H groups in total. The van der Waals surface area contributed by atoms with Crippen molar-refractivity contribution in [1.29, 1.82) is 0 Å². The van der Waals surface area contributed by atoms with Crippen LogP contribution in [0.1, 0.15) is 17.0 Å². The maximum atomic E-state index is 11.4. The number of hydrogen-bond acceptors (Lipinski definition) is 6. The molecule has 0 spiro atoms. The molecule has 1 aromatic heterocycles.